The number of rotatable bonds is 8. The number of carboxylic acids is 1. The van der Waals surface area contributed by atoms with E-state index in [-0.39, 0.29) is 12.5 Å². The maximum absolute atomic E-state index is 12.0. The molecule has 2 rings (SSSR count). The van der Waals surface area contributed by atoms with Crippen LogP contribution in [0.25, 0.3) is 6.08 Å². The molecular weight excluding hydrogens is 334 g/mol. The quantitative estimate of drug-likeness (QED) is 0.708. The lowest BCUT2D eigenvalue weighted by Gasteiger charge is -2.13. The summed E-state index contributed by atoms with van der Waals surface area (Å²) in [4.78, 5) is 22.6. The van der Waals surface area contributed by atoms with E-state index in [1.165, 1.54) is 6.08 Å². The first-order valence-electron chi connectivity index (χ1n) is 8.15. The van der Waals surface area contributed by atoms with Crippen LogP contribution in [0.5, 0.6) is 11.5 Å². The Kier molecular flexibility index (Phi) is 6.79. The number of aliphatic carboxylic acids is 1. The van der Waals surface area contributed by atoms with Crippen molar-refractivity contribution >= 4 is 23.6 Å². The van der Waals surface area contributed by atoms with E-state index in [1.807, 2.05) is 38.1 Å². The maximum Gasteiger partial charge on any atom is 0.328 e. The Morgan fingerprint density at radius 2 is 1.81 bits per heavy atom. The van der Waals surface area contributed by atoms with Gasteiger partial charge < -0.3 is 19.9 Å². The van der Waals surface area contributed by atoms with E-state index in [9.17, 15) is 9.59 Å². The number of carboxylic acid groups (broad SMARTS) is 1. The van der Waals surface area contributed by atoms with Crippen LogP contribution in [-0.2, 0) is 9.59 Å². The van der Waals surface area contributed by atoms with Gasteiger partial charge in [-0.1, -0.05) is 23.8 Å². The van der Waals surface area contributed by atoms with Gasteiger partial charge in [-0.15, -0.1) is 0 Å². The number of hydrogen-bond donors (Lipinski definition) is 2. The minimum Gasteiger partial charge on any atom is -0.490 e. The van der Waals surface area contributed by atoms with Crippen LogP contribution in [0, 0.1) is 6.92 Å². The van der Waals surface area contributed by atoms with Gasteiger partial charge >= 0.3 is 5.97 Å². The first-order chi connectivity index (χ1) is 12.5. The number of nitrogens with one attached hydrogen (secondary N) is 1. The highest BCUT2D eigenvalue weighted by molar-refractivity contribution is 5.92. The Bertz CT molecular complexity index is 796. The molecule has 6 heteroatoms. The smallest absolute Gasteiger partial charge is 0.328 e. The highest BCUT2D eigenvalue weighted by Crippen LogP contribution is 2.29. The number of carbonyl (C=O) groups excluding carboxylic acids is 1. The fourth-order valence-electron chi connectivity index (χ4n) is 2.16. The Morgan fingerprint density at radius 3 is 2.46 bits per heavy atom. The Balaban J connectivity index is 2.01. The fraction of sp³-hybridized carbons (Fsp3) is 0.200. The number of ether oxygens (including phenoxy) is 2. The van der Waals surface area contributed by atoms with E-state index in [2.05, 4.69) is 5.32 Å². The minimum atomic E-state index is -1.03. The predicted molar refractivity (Wildman–Crippen MR) is 99.6 cm³/mol. The van der Waals surface area contributed by atoms with Gasteiger partial charge in [0.2, 0.25) is 0 Å². The van der Waals surface area contributed by atoms with E-state index < -0.39 is 5.97 Å². The van der Waals surface area contributed by atoms with Crippen molar-refractivity contribution in [1.82, 2.24) is 0 Å². The lowest BCUT2D eigenvalue weighted by Crippen LogP contribution is -2.20. The molecule has 0 saturated carbocycles. The molecule has 136 valence electrons. The molecule has 6 nitrogen and oxygen atoms in total. The van der Waals surface area contributed by atoms with Crippen LogP contribution in [0.2, 0.25) is 0 Å². The molecule has 2 aromatic carbocycles. The summed E-state index contributed by atoms with van der Waals surface area (Å²) in [5, 5.41) is 11.5. The summed E-state index contributed by atoms with van der Waals surface area (Å²) in [5.41, 5.74) is 2.47. The molecule has 26 heavy (non-hydrogen) atoms. The molecule has 0 aliphatic carbocycles. The fourth-order valence-corrected chi connectivity index (χ4v) is 2.16. The first kappa shape index (κ1) is 19.1. The molecule has 0 aliphatic heterocycles. The molecule has 0 unspecified atom stereocenters. The van der Waals surface area contributed by atoms with Crippen LogP contribution in [0.3, 0.4) is 0 Å². The number of aryl methyl sites for hydroxylation is 1. The van der Waals surface area contributed by atoms with Gasteiger partial charge in [-0.25, -0.2) is 4.79 Å². The molecule has 0 spiro atoms. The highest BCUT2D eigenvalue weighted by atomic mass is 16.5. The molecule has 0 fully saturated rings. The van der Waals surface area contributed by atoms with Gasteiger partial charge in [-0.05, 0) is 49.8 Å². The molecule has 0 radical (unpaired) electrons. The van der Waals surface area contributed by atoms with Crippen molar-refractivity contribution < 1.29 is 24.2 Å². The van der Waals surface area contributed by atoms with Gasteiger partial charge in [0.1, 0.15) is 0 Å². The Morgan fingerprint density at radius 1 is 1.08 bits per heavy atom. The molecule has 0 atom stereocenters. The average Bonchev–Trinajstić information content (AvgIpc) is 2.61. The second kappa shape index (κ2) is 9.27. The van der Waals surface area contributed by atoms with Gasteiger partial charge in [-0.3, -0.25) is 4.79 Å². The van der Waals surface area contributed by atoms with Crippen molar-refractivity contribution in [1.29, 1.82) is 0 Å². The summed E-state index contributed by atoms with van der Waals surface area (Å²) in [6.45, 7) is 4.04. The molecular formula is C20H21NO5. The van der Waals surface area contributed by atoms with Crippen molar-refractivity contribution in [3.05, 3.63) is 59.7 Å². The van der Waals surface area contributed by atoms with E-state index in [4.69, 9.17) is 14.6 Å². The standard InChI is InChI=1S/C20H21NO5/c1-3-25-18-12-15(7-11-20(23)24)6-10-17(18)26-13-19(22)21-16-8-4-14(2)5-9-16/h4-12H,3,13H2,1-2H3,(H,21,22)(H,23,24). The number of anilines is 1. The van der Waals surface area contributed by atoms with E-state index in [1.54, 1.807) is 18.2 Å². The van der Waals surface area contributed by atoms with Crippen molar-refractivity contribution in [2.24, 2.45) is 0 Å². The number of benzene rings is 2. The normalized spacial score (nSPS) is 10.5. The topological polar surface area (TPSA) is 84.9 Å². The van der Waals surface area contributed by atoms with Crippen molar-refractivity contribution in [3.8, 4) is 11.5 Å². The lowest BCUT2D eigenvalue weighted by atomic mass is 10.2. The second-order valence-electron chi connectivity index (χ2n) is 5.51. The van der Waals surface area contributed by atoms with Crippen molar-refractivity contribution in [2.45, 2.75) is 13.8 Å². The summed E-state index contributed by atoms with van der Waals surface area (Å²) < 4.78 is 11.1. The van der Waals surface area contributed by atoms with Gasteiger partial charge in [0.05, 0.1) is 6.61 Å². The van der Waals surface area contributed by atoms with Crippen molar-refractivity contribution in [2.75, 3.05) is 18.5 Å². The van der Waals surface area contributed by atoms with Crippen LogP contribution < -0.4 is 14.8 Å². The van der Waals surface area contributed by atoms with Gasteiger partial charge in [0.15, 0.2) is 18.1 Å². The van der Waals surface area contributed by atoms with Crippen LogP contribution in [0.4, 0.5) is 5.69 Å². The Hall–Kier alpha value is -3.28. The van der Waals surface area contributed by atoms with E-state index in [0.717, 1.165) is 11.6 Å². The third-order valence-electron chi connectivity index (χ3n) is 3.38. The average molecular weight is 355 g/mol. The summed E-state index contributed by atoms with van der Waals surface area (Å²) in [5.74, 6) is -0.455. The van der Waals surface area contributed by atoms with Crippen LogP contribution in [0.15, 0.2) is 48.5 Å². The van der Waals surface area contributed by atoms with E-state index >= 15 is 0 Å². The zero-order chi connectivity index (χ0) is 18.9. The second-order valence-corrected chi connectivity index (χ2v) is 5.51. The molecule has 1 amide bonds. The predicted octanol–water partition coefficient (Wildman–Crippen LogP) is 3.51. The van der Waals surface area contributed by atoms with Crippen LogP contribution in [0.1, 0.15) is 18.1 Å². The van der Waals surface area contributed by atoms with Crippen LogP contribution >= 0.6 is 0 Å². The number of carbonyl (C=O) groups is 2. The van der Waals surface area contributed by atoms with E-state index in [0.29, 0.717) is 29.4 Å². The summed E-state index contributed by atoms with van der Waals surface area (Å²) >= 11 is 0. The number of hydrogen-bond acceptors (Lipinski definition) is 4. The summed E-state index contributed by atoms with van der Waals surface area (Å²) in [6.07, 6.45) is 2.50. The van der Waals surface area contributed by atoms with Crippen molar-refractivity contribution in [3.63, 3.8) is 0 Å². The summed E-state index contributed by atoms with van der Waals surface area (Å²) in [7, 11) is 0. The monoisotopic (exact) mass is 355 g/mol. The molecule has 0 aromatic heterocycles. The third kappa shape index (κ3) is 5.98. The molecule has 2 N–H and O–H groups in total. The molecule has 2 aromatic rings. The molecule has 0 heterocycles. The SMILES string of the molecule is CCOc1cc(C=CC(=O)O)ccc1OCC(=O)Nc1ccc(C)cc1. The summed E-state index contributed by atoms with van der Waals surface area (Å²) in [6, 6.07) is 12.5. The molecule has 0 saturated heterocycles. The van der Waals surface area contributed by atoms with Crippen LogP contribution in [-0.4, -0.2) is 30.2 Å². The lowest BCUT2D eigenvalue weighted by molar-refractivity contribution is -0.131. The van der Waals surface area contributed by atoms with Gasteiger partial charge in [-0.2, -0.15) is 0 Å². The molecule has 0 bridgehead atoms. The largest absolute Gasteiger partial charge is 0.490 e. The van der Waals surface area contributed by atoms with Gasteiger partial charge in [0.25, 0.3) is 5.91 Å². The Labute approximate surface area is 152 Å². The zero-order valence-corrected chi connectivity index (χ0v) is 14.7. The maximum atomic E-state index is 12.0. The third-order valence-corrected chi connectivity index (χ3v) is 3.38. The highest BCUT2D eigenvalue weighted by Gasteiger charge is 2.09. The molecule has 0 aliphatic rings. The van der Waals surface area contributed by atoms with Gasteiger partial charge in [0, 0.05) is 11.8 Å². The first-order valence-corrected chi connectivity index (χ1v) is 8.15. The minimum absolute atomic E-state index is 0.168. The zero-order valence-electron chi connectivity index (χ0n) is 14.7. The number of amides is 1.